The van der Waals surface area contributed by atoms with E-state index < -0.39 is 5.54 Å². The molecule has 0 bridgehead atoms. The lowest BCUT2D eigenvalue weighted by atomic mass is 9.91. The molecule has 4 nitrogen and oxygen atoms in total. The van der Waals surface area contributed by atoms with Gasteiger partial charge in [0.2, 0.25) is 5.91 Å². The van der Waals surface area contributed by atoms with Crippen molar-refractivity contribution < 1.29 is 9.90 Å². The van der Waals surface area contributed by atoms with Crippen molar-refractivity contribution in [2.24, 2.45) is 5.92 Å². The number of hydrogen-bond acceptors (Lipinski definition) is 3. The normalized spacial score (nSPS) is 18.1. The molecule has 0 aliphatic carbocycles. The summed E-state index contributed by atoms with van der Waals surface area (Å²) in [4.78, 5) is 12.0. The Hall–Kier alpha value is -0.610. The predicted molar refractivity (Wildman–Crippen MR) is 68.8 cm³/mol. The van der Waals surface area contributed by atoms with Crippen molar-refractivity contribution in [1.29, 1.82) is 0 Å². The van der Waals surface area contributed by atoms with Gasteiger partial charge in [-0.05, 0) is 44.7 Å². The molecule has 0 radical (unpaired) electrons. The summed E-state index contributed by atoms with van der Waals surface area (Å²) in [7, 11) is 0. The van der Waals surface area contributed by atoms with Crippen molar-refractivity contribution >= 4 is 5.91 Å². The summed E-state index contributed by atoms with van der Waals surface area (Å²) in [5.41, 5.74) is -0.413. The van der Waals surface area contributed by atoms with E-state index in [-0.39, 0.29) is 12.5 Å². The van der Waals surface area contributed by atoms with Crippen LogP contribution < -0.4 is 10.6 Å². The molecule has 100 valence electrons. The van der Waals surface area contributed by atoms with Gasteiger partial charge in [0.1, 0.15) is 0 Å². The molecule has 3 N–H and O–H groups in total. The topological polar surface area (TPSA) is 61.4 Å². The number of hydrogen-bond donors (Lipinski definition) is 3. The first-order valence-electron chi connectivity index (χ1n) is 6.78. The number of piperidine rings is 1. The van der Waals surface area contributed by atoms with Gasteiger partial charge in [-0.3, -0.25) is 4.79 Å². The van der Waals surface area contributed by atoms with Crippen LogP contribution in [0.25, 0.3) is 0 Å². The van der Waals surface area contributed by atoms with Crippen LogP contribution in [0.3, 0.4) is 0 Å². The Morgan fingerprint density at radius 3 is 2.41 bits per heavy atom. The van der Waals surface area contributed by atoms with Gasteiger partial charge in [-0.25, -0.2) is 0 Å². The minimum atomic E-state index is -0.413. The first kappa shape index (κ1) is 14.5. The molecule has 0 aromatic rings. The average molecular weight is 242 g/mol. The molecule has 0 aromatic carbocycles. The Morgan fingerprint density at radius 2 is 1.94 bits per heavy atom. The highest BCUT2D eigenvalue weighted by Gasteiger charge is 2.28. The molecule has 0 saturated carbocycles. The molecule has 0 spiro atoms. The van der Waals surface area contributed by atoms with Gasteiger partial charge in [0.05, 0.1) is 12.1 Å². The highest BCUT2D eigenvalue weighted by Crippen LogP contribution is 2.18. The third-order valence-electron chi connectivity index (χ3n) is 3.99. The Kier molecular flexibility index (Phi) is 5.92. The molecule has 0 atom stereocenters. The van der Waals surface area contributed by atoms with Crippen molar-refractivity contribution in [3.8, 4) is 0 Å². The fourth-order valence-electron chi connectivity index (χ4n) is 2.38. The number of nitrogens with one attached hydrogen (secondary N) is 2. The number of rotatable bonds is 6. The second kappa shape index (κ2) is 6.97. The van der Waals surface area contributed by atoms with Crippen LogP contribution in [-0.2, 0) is 4.79 Å². The van der Waals surface area contributed by atoms with Crippen LogP contribution in [0.2, 0.25) is 0 Å². The predicted octanol–water partition coefficient (Wildman–Crippen LogP) is 1.04. The van der Waals surface area contributed by atoms with Crippen LogP contribution in [-0.4, -0.2) is 36.2 Å². The van der Waals surface area contributed by atoms with Crippen molar-refractivity contribution in [2.45, 2.75) is 51.5 Å². The SMILES string of the molecule is CCC(CC)(CO)NC(=O)CC1CCNCC1. The summed E-state index contributed by atoms with van der Waals surface area (Å²) in [5.74, 6) is 0.594. The molecule has 17 heavy (non-hydrogen) atoms. The lowest BCUT2D eigenvalue weighted by molar-refractivity contribution is -0.124. The number of carbonyl (C=O) groups excluding carboxylic acids is 1. The first-order chi connectivity index (χ1) is 8.15. The van der Waals surface area contributed by atoms with E-state index in [1.54, 1.807) is 0 Å². The van der Waals surface area contributed by atoms with E-state index in [4.69, 9.17) is 0 Å². The Balaban J connectivity index is 2.41. The largest absolute Gasteiger partial charge is 0.394 e. The highest BCUT2D eigenvalue weighted by atomic mass is 16.3. The molecule has 1 saturated heterocycles. The number of amides is 1. The molecule has 1 aliphatic rings. The first-order valence-corrected chi connectivity index (χ1v) is 6.78. The molecule has 1 fully saturated rings. The smallest absolute Gasteiger partial charge is 0.220 e. The third-order valence-corrected chi connectivity index (χ3v) is 3.99. The summed E-state index contributed by atoms with van der Waals surface area (Å²) in [6, 6.07) is 0. The van der Waals surface area contributed by atoms with Crippen molar-refractivity contribution in [1.82, 2.24) is 10.6 Å². The summed E-state index contributed by atoms with van der Waals surface area (Å²) in [5, 5.41) is 15.7. The minimum absolute atomic E-state index is 0.0258. The van der Waals surface area contributed by atoms with E-state index in [2.05, 4.69) is 10.6 Å². The molecule has 4 heteroatoms. The van der Waals surface area contributed by atoms with Crippen molar-refractivity contribution in [3.05, 3.63) is 0 Å². The van der Waals surface area contributed by atoms with E-state index in [1.165, 1.54) is 0 Å². The summed E-state index contributed by atoms with van der Waals surface area (Å²) in [6.07, 6.45) is 4.31. The maximum Gasteiger partial charge on any atom is 0.220 e. The lowest BCUT2D eigenvalue weighted by Crippen LogP contribution is -2.51. The van der Waals surface area contributed by atoms with Crippen LogP contribution in [0.15, 0.2) is 0 Å². The summed E-state index contributed by atoms with van der Waals surface area (Å²) >= 11 is 0. The number of aliphatic hydroxyl groups is 1. The molecule has 1 heterocycles. The maximum absolute atomic E-state index is 12.0. The lowest BCUT2D eigenvalue weighted by Gasteiger charge is -2.32. The van der Waals surface area contributed by atoms with Crippen molar-refractivity contribution in [2.75, 3.05) is 19.7 Å². The van der Waals surface area contributed by atoms with Gasteiger partial charge < -0.3 is 15.7 Å². The van der Waals surface area contributed by atoms with E-state index in [0.29, 0.717) is 12.3 Å². The second-order valence-electron chi connectivity index (χ2n) is 5.09. The summed E-state index contributed by atoms with van der Waals surface area (Å²) in [6.45, 7) is 6.07. The van der Waals surface area contributed by atoms with Gasteiger partial charge in [-0.15, -0.1) is 0 Å². The zero-order valence-corrected chi connectivity index (χ0v) is 11.1. The zero-order valence-electron chi connectivity index (χ0n) is 11.1. The Morgan fingerprint density at radius 1 is 1.35 bits per heavy atom. The van der Waals surface area contributed by atoms with E-state index in [0.717, 1.165) is 38.8 Å². The molecule has 1 amide bonds. The van der Waals surface area contributed by atoms with Crippen LogP contribution in [0.5, 0.6) is 0 Å². The quantitative estimate of drug-likeness (QED) is 0.652. The monoisotopic (exact) mass is 242 g/mol. The van der Waals surface area contributed by atoms with Crippen LogP contribution in [0.4, 0.5) is 0 Å². The molecule has 0 unspecified atom stereocenters. The van der Waals surface area contributed by atoms with Crippen LogP contribution in [0.1, 0.15) is 46.0 Å². The van der Waals surface area contributed by atoms with Gasteiger partial charge in [-0.1, -0.05) is 13.8 Å². The molecular weight excluding hydrogens is 216 g/mol. The highest BCUT2D eigenvalue weighted by molar-refractivity contribution is 5.77. The average Bonchev–Trinajstić information content (AvgIpc) is 2.37. The van der Waals surface area contributed by atoms with Crippen LogP contribution in [0, 0.1) is 5.92 Å². The standard InChI is InChI=1S/C13H26N2O2/c1-3-13(4-2,10-16)15-12(17)9-11-5-7-14-8-6-11/h11,14,16H,3-10H2,1-2H3,(H,15,17). The van der Waals surface area contributed by atoms with E-state index >= 15 is 0 Å². The fraction of sp³-hybridized carbons (Fsp3) is 0.923. The Labute approximate surface area is 104 Å². The van der Waals surface area contributed by atoms with Crippen LogP contribution >= 0.6 is 0 Å². The molecule has 1 aliphatic heterocycles. The minimum Gasteiger partial charge on any atom is -0.394 e. The van der Waals surface area contributed by atoms with Crippen molar-refractivity contribution in [3.63, 3.8) is 0 Å². The molecule has 0 aromatic heterocycles. The molecule has 1 rings (SSSR count). The van der Waals surface area contributed by atoms with E-state index in [9.17, 15) is 9.90 Å². The second-order valence-corrected chi connectivity index (χ2v) is 5.09. The van der Waals surface area contributed by atoms with Gasteiger partial charge in [0, 0.05) is 6.42 Å². The van der Waals surface area contributed by atoms with E-state index in [1.807, 2.05) is 13.8 Å². The van der Waals surface area contributed by atoms with Gasteiger partial charge in [0.15, 0.2) is 0 Å². The Bertz CT molecular complexity index is 225. The fourth-order valence-corrected chi connectivity index (χ4v) is 2.38. The molecular formula is C13H26N2O2. The number of aliphatic hydroxyl groups excluding tert-OH is 1. The third kappa shape index (κ3) is 4.28. The van der Waals surface area contributed by atoms with Gasteiger partial charge >= 0.3 is 0 Å². The van der Waals surface area contributed by atoms with Gasteiger partial charge in [0.25, 0.3) is 0 Å². The number of carbonyl (C=O) groups is 1. The summed E-state index contributed by atoms with van der Waals surface area (Å²) < 4.78 is 0. The zero-order chi connectivity index (χ0) is 12.7. The maximum atomic E-state index is 12.0. The van der Waals surface area contributed by atoms with Gasteiger partial charge in [-0.2, -0.15) is 0 Å².